The number of nitrogens with zero attached hydrogens (tertiary/aromatic N) is 8. The minimum atomic E-state index is -5.08. The summed E-state index contributed by atoms with van der Waals surface area (Å²) in [4.78, 5) is -1.79. The van der Waals surface area contributed by atoms with Gasteiger partial charge < -0.3 is 33.8 Å². The molecule has 0 aliphatic carbocycles. The van der Waals surface area contributed by atoms with Gasteiger partial charge in [-0.15, -0.1) is 20.5 Å². The van der Waals surface area contributed by atoms with E-state index < -0.39 is 52.8 Å². The van der Waals surface area contributed by atoms with Gasteiger partial charge >= 0.3 is 0 Å². The zero-order valence-corrected chi connectivity index (χ0v) is 33.4. The second-order valence-electron chi connectivity index (χ2n) is 13.3. The molecule has 0 spiro atoms. The van der Waals surface area contributed by atoms with E-state index in [4.69, 9.17) is 28.7 Å². The first-order valence-electron chi connectivity index (χ1n) is 17.8. The highest BCUT2D eigenvalue weighted by Gasteiger charge is 2.28. The largest absolute Gasteiger partial charge is 0.505 e. The number of fused-ring (bicyclic) bond motifs is 1. The summed E-state index contributed by atoms with van der Waals surface area (Å²) in [7, 11) is -10.2. The third kappa shape index (κ3) is 9.32. The molecular formula is C40H33N13O7S2. The van der Waals surface area contributed by atoms with Gasteiger partial charge in [-0.25, -0.2) is 0 Å². The van der Waals surface area contributed by atoms with Crippen molar-refractivity contribution in [2.75, 3.05) is 28.7 Å². The number of rotatable bonds is 11. The smallest absolute Gasteiger partial charge is 0.296 e. The topological polar surface area (TPSA) is 358 Å². The molecule has 0 radical (unpaired) electrons. The number of anilines is 5. The summed E-state index contributed by atoms with van der Waals surface area (Å²) in [6.07, 6.45) is 0. The van der Waals surface area contributed by atoms with Crippen LogP contribution in [0.25, 0.3) is 21.9 Å². The van der Waals surface area contributed by atoms with Crippen LogP contribution in [0.2, 0.25) is 0 Å². The Balaban J connectivity index is 1.14. The molecule has 0 heterocycles. The molecule has 0 aliphatic heterocycles. The average molecular weight is 872 g/mol. The highest BCUT2D eigenvalue weighted by molar-refractivity contribution is 7.86. The lowest BCUT2D eigenvalue weighted by molar-refractivity contribution is 0.472. The summed E-state index contributed by atoms with van der Waals surface area (Å²) >= 11 is 0. The number of nitrogens with two attached hydrogens (primary N) is 5. The molecule has 0 saturated carbocycles. The third-order valence-electron chi connectivity index (χ3n) is 8.98. The molecule has 0 aliphatic rings. The summed E-state index contributed by atoms with van der Waals surface area (Å²) in [6.45, 7) is 0. The lowest BCUT2D eigenvalue weighted by Crippen LogP contribution is -2.03. The molecule has 20 nitrogen and oxygen atoms in total. The Morgan fingerprint density at radius 1 is 0.419 bits per heavy atom. The third-order valence-corrected chi connectivity index (χ3v) is 10.7. The lowest BCUT2D eigenvalue weighted by atomic mass is 10.0. The van der Waals surface area contributed by atoms with Gasteiger partial charge in [0.2, 0.25) is 0 Å². The van der Waals surface area contributed by atoms with Crippen molar-refractivity contribution in [1.29, 1.82) is 0 Å². The monoisotopic (exact) mass is 871 g/mol. The SMILES string of the molecule is Nc1ccc(N=Nc2cc(N=Nc3ccc(-c4ccc(N=Nc5c(S(=O)(=O)O)cc6cc(S(=O)(=O)O)c(N=Nc7ccc(N)cc7)c(O)c6c5N)cc4)cc3)c(N)cc2N)cc1. The maximum absolute atomic E-state index is 12.5. The van der Waals surface area contributed by atoms with Crippen molar-refractivity contribution in [2.24, 2.45) is 40.9 Å². The summed E-state index contributed by atoms with van der Waals surface area (Å²) in [5.41, 5.74) is 33.5. The van der Waals surface area contributed by atoms with E-state index in [1.165, 1.54) is 30.3 Å². The van der Waals surface area contributed by atoms with Crippen molar-refractivity contribution in [1.82, 2.24) is 0 Å². The molecule has 7 aromatic carbocycles. The summed E-state index contributed by atoms with van der Waals surface area (Å²) in [5.74, 6) is -0.890. The standard InChI is InChI=1S/C40H33N13O7S2/c41-24-5-13-28(14-6-24)47-51-33-20-32(30(43)19-31(33)44)50-46-26-9-1-21(2-10-26)22-3-11-27(12-4-22)48-52-38-34(61(55,56)57)17-23-18-35(62(58,59)60)39(40(54)36(23)37(38)45)53-49-29-15-7-25(42)8-16-29/h1-20,54H,41-45H2,(H,55,56,57)(H,58,59,60). The fourth-order valence-corrected chi connectivity index (χ4v) is 7.18. The molecule has 0 bridgehead atoms. The summed E-state index contributed by atoms with van der Waals surface area (Å²) < 4.78 is 69.9. The number of hydrogen-bond acceptors (Lipinski definition) is 18. The second kappa shape index (κ2) is 16.8. The molecule has 13 N–H and O–H groups in total. The number of azo groups is 4. The number of hydrogen-bond donors (Lipinski definition) is 8. The number of benzene rings is 7. The molecule has 0 amide bonds. The van der Waals surface area contributed by atoms with Gasteiger partial charge in [0.25, 0.3) is 20.2 Å². The molecule has 0 saturated heterocycles. The van der Waals surface area contributed by atoms with Gasteiger partial charge in [0.15, 0.2) is 5.75 Å². The Kier molecular flexibility index (Phi) is 11.4. The van der Waals surface area contributed by atoms with Crippen LogP contribution < -0.4 is 28.7 Å². The second-order valence-corrected chi connectivity index (χ2v) is 16.1. The summed E-state index contributed by atoms with van der Waals surface area (Å²) in [5, 5.41) is 43.5. The van der Waals surface area contributed by atoms with Crippen molar-refractivity contribution >= 4 is 105 Å². The van der Waals surface area contributed by atoms with Crippen molar-refractivity contribution in [3.8, 4) is 16.9 Å². The van der Waals surface area contributed by atoms with Crippen LogP contribution in [-0.4, -0.2) is 31.0 Å². The molecule has 22 heteroatoms. The van der Waals surface area contributed by atoms with Gasteiger partial charge in [0.05, 0.1) is 45.2 Å². The van der Waals surface area contributed by atoms with Crippen LogP contribution in [0.5, 0.6) is 5.75 Å². The Labute approximate surface area is 352 Å². The normalized spacial score (nSPS) is 12.4. The minimum absolute atomic E-state index is 0.209. The van der Waals surface area contributed by atoms with Crippen molar-refractivity contribution in [3.63, 3.8) is 0 Å². The van der Waals surface area contributed by atoms with E-state index in [1.807, 2.05) is 0 Å². The van der Waals surface area contributed by atoms with Crippen LogP contribution in [0.3, 0.4) is 0 Å². The molecule has 62 heavy (non-hydrogen) atoms. The first-order valence-corrected chi connectivity index (χ1v) is 20.7. The quantitative estimate of drug-likeness (QED) is 0.0342. The van der Waals surface area contributed by atoms with E-state index in [0.29, 0.717) is 45.5 Å². The predicted molar refractivity (Wildman–Crippen MR) is 235 cm³/mol. The molecular weight excluding hydrogens is 839 g/mol. The Hall–Kier alpha value is -8.18. The minimum Gasteiger partial charge on any atom is -0.505 e. The van der Waals surface area contributed by atoms with Gasteiger partial charge in [-0.3, -0.25) is 9.11 Å². The number of aromatic hydroxyl groups is 1. The van der Waals surface area contributed by atoms with Crippen LogP contribution in [0.15, 0.2) is 172 Å². The fraction of sp³-hybridized carbons (Fsp3) is 0. The Morgan fingerprint density at radius 3 is 1.18 bits per heavy atom. The molecule has 0 unspecified atom stereocenters. The van der Waals surface area contributed by atoms with Gasteiger partial charge in [-0.1, -0.05) is 24.3 Å². The maximum atomic E-state index is 12.5. The van der Waals surface area contributed by atoms with Crippen molar-refractivity contribution in [2.45, 2.75) is 9.79 Å². The van der Waals surface area contributed by atoms with E-state index in [1.54, 1.807) is 78.9 Å². The number of phenols is 1. The van der Waals surface area contributed by atoms with Gasteiger partial charge in [0, 0.05) is 11.4 Å². The van der Waals surface area contributed by atoms with Crippen LogP contribution in [0, 0.1) is 0 Å². The van der Waals surface area contributed by atoms with Crippen molar-refractivity contribution in [3.05, 3.63) is 121 Å². The fourth-order valence-electron chi connectivity index (χ4n) is 5.85. The van der Waals surface area contributed by atoms with Crippen LogP contribution in [0.4, 0.5) is 73.9 Å². The molecule has 312 valence electrons. The van der Waals surface area contributed by atoms with E-state index in [9.17, 15) is 31.0 Å². The van der Waals surface area contributed by atoms with Crippen LogP contribution in [0.1, 0.15) is 0 Å². The molecule has 7 aromatic rings. The molecule has 0 aromatic heterocycles. The van der Waals surface area contributed by atoms with E-state index >= 15 is 0 Å². The van der Waals surface area contributed by atoms with Crippen LogP contribution in [-0.2, 0) is 20.2 Å². The highest BCUT2D eigenvalue weighted by atomic mass is 32.2. The molecule has 7 rings (SSSR count). The Bertz CT molecular complexity index is 3220. The first kappa shape index (κ1) is 42.0. The van der Waals surface area contributed by atoms with E-state index in [2.05, 4.69) is 40.9 Å². The summed E-state index contributed by atoms with van der Waals surface area (Å²) in [6, 6.07) is 31.1. The van der Waals surface area contributed by atoms with Gasteiger partial charge in [-0.05, 0) is 114 Å². The zero-order valence-electron chi connectivity index (χ0n) is 31.8. The predicted octanol–water partition coefficient (Wildman–Crippen LogP) is 10.3. The van der Waals surface area contributed by atoms with Crippen LogP contribution >= 0.6 is 0 Å². The van der Waals surface area contributed by atoms with Gasteiger partial charge in [-0.2, -0.15) is 37.3 Å². The Morgan fingerprint density at radius 2 is 0.774 bits per heavy atom. The molecule has 0 atom stereocenters. The maximum Gasteiger partial charge on any atom is 0.296 e. The number of nitrogen functional groups attached to an aromatic ring is 5. The zero-order chi connectivity index (χ0) is 44.3. The lowest BCUT2D eigenvalue weighted by Gasteiger charge is -2.14. The van der Waals surface area contributed by atoms with E-state index in [-0.39, 0.29) is 22.1 Å². The van der Waals surface area contributed by atoms with Gasteiger partial charge in [0.1, 0.15) is 32.5 Å². The number of phenolic OH excluding ortho intramolecular Hbond substituents is 1. The van der Waals surface area contributed by atoms with Crippen molar-refractivity contribution < 1.29 is 31.0 Å². The van der Waals surface area contributed by atoms with E-state index in [0.717, 1.165) is 23.3 Å². The highest BCUT2D eigenvalue weighted by Crippen LogP contribution is 2.48. The molecule has 0 fully saturated rings. The first-order chi connectivity index (χ1) is 29.4. The average Bonchev–Trinajstić information content (AvgIpc) is 3.23.